The first kappa shape index (κ1) is 12.1. The van der Waals surface area contributed by atoms with Crippen LogP contribution in [0.2, 0.25) is 0 Å². The highest BCUT2D eigenvalue weighted by molar-refractivity contribution is 5.18. The van der Waals surface area contributed by atoms with Gasteiger partial charge in [0.15, 0.2) is 0 Å². The summed E-state index contributed by atoms with van der Waals surface area (Å²) < 4.78 is 5.97. The van der Waals surface area contributed by atoms with E-state index in [0.717, 1.165) is 25.1 Å². The molecular weight excluding hydrogens is 224 g/mol. The minimum Gasteiger partial charge on any atom is -0.375 e. The van der Waals surface area contributed by atoms with Crippen LogP contribution in [0.3, 0.4) is 0 Å². The SMILES string of the molecule is Cc1ccc(C(N)C2CCOC3(CCC3)C2)cn1. The molecule has 2 atom stereocenters. The van der Waals surface area contributed by atoms with Gasteiger partial charge in [-0.3, -0.25) is 4.98 Å². The Morgan fingerprint density at radius 3 is 2.89 bits per heavy atom. The lowest BCUT2D eigenvalue weighted by Gasteiger charge is -2.48. The van der Waals surface area contributed by atoms with E-state index in [4.69, 9.17) is 10.5 Å². The number of pyridine rings is 1. The van der Waals surface area contributed by atoms with Crippen LogP contribution in [-0.2, 0) is 4.74 Å². The zero-order valence-electron chi connectivity index (χ0n) is 11.1. The molecule has 1 spiro atoms. The standard InChI is InChI=1S/C15H22N2O/c1-11-3-4-13(10-17-11)14(16)12-5-8-18-15(9-12)6-2-7-15/h3-4,10,12,14H,2,5-9,16H2,1H3. The van der Waals surface area contributed by atoms with Crippen LogP contribution in [0.25, 0.3) is 0 Å². The lowest BCUT2D eigenvalue weighted by Crippen LogP contribution is -2.47. The first-order valence-corrected chi connectivity index (χ1v) is 7.01. The molecule has 2 aliphatic rings. The van der Waals surface area contributed by atoms with Crippen LogP contribution in [0.15, 0.2) is 18.3 Å². The number of rotatable bonds is 2. The van der Waals surface area contributed by atoms with Gasteiger partial charge in [-0.15, -0.1) is 0 Å². The number of aryl methyl sites for hydroxylation is 1. The summed E-state index contributed by atoms with van der Waals surface area (Å²) in [6.45, 7) is 2.88. The number of hydrogen-bond donors (Lipinski definition) is 1. The van der Waals surface area contributed by atoms with E-state index in [9.17, 15) is 0 Å². The zero-order valence-corrected chi connectivity index (χ0v) is 11.1. The summed E-state index contributed by atoms with van der Waals surface area (Å²) in [6.07, 6.45) is 7.90. The third-order valence-corrected chi connectivity index (χ3v) is 4.62. The van der Waals surface area contributed by atoms with Crippen LogP contribution >= 0.6 is 0 Å². The Labute approximate surface area is 109 Å². The Morgan fingerprint density at radius 2 is 2.28 bits per heavy atom. The van der Waals surface area contributed by atoms with E-state index < -0.39 is 0 Å². The second-order valence-electron chi connectivity index (χ2n) is 5.90. The largest absolute Gasteiger partial charge is 0.375 e. The molecule has 1 saturated carbocycles. The fourth-order valence-corrected chi connectivity index (χ4v) is 3.24. The number of nitrogens with zero attached hydrogens (tertiary/aromatic N) is 1. The number of nitrogens with two attached hydrogens (primary N) is 1. The molecule has 2 N–H and O–H groups in total. The van der Waals surface area contributed by atoms with Crippen LogP contribution in [0.5, 0.6) is 0 Å². The Morgan fingerprint density at radius 1 is 1.44 bits per heavy atom. The highest BCUT2D eigenvalue weighted by Crippen LogP contribution is 2.46. The summed E-state index contributed by atoms with van der Waals surface area (Å²) in [7, 11) is 0. The predicted octanol–water partition coefficient (Wildman–Crippen LogP) is 2.74. The van der Waals surface area contributed by atoms with Crippen molar-refractivity contribution in [3.63, 3.8) is 0 Å². The number of hydrogen-bond acceptors (Lipinski definition) is 3. The maximum Gasteiger partial charge on any atom is 0.0686 e. The van der Waals surface area contributed by atoms with Gasteiger partial charge in [-0.1, -0.05) is 6.07 Å². The molecule has 3 nitrogen and oxygen atoms in total. The third kappa shape index (κ3) is 2.17. The van der Waals surface area contributed by atoms with Gasteiger partial charge in [0, 0.05) is 24.5 Å². The molecule has 1 aliphatic heterocycles. The van der Waals surface area contributed by atoms with Crippen molar-refractivity contribution in [2.24, 2.45) is 11.7 Å². The van der Waals surface area contributed by atoms with Gasteiger partial charge in [-0.25, -0.2) is 0 Å². The molecule has 2 fully saturated rings. The molecule has 0 amide bonds. The van der Waals surface area contributed by atoms with Gasteiger partial charge in [0.1, 0.15) is 0 Å². The second-order valence-corrected chi connectivity index (χ2v) is 5.90. The maximum atomic E-state index is 6.42. The normalized spacial score (nSPS) is 27.8. The fraction of sp³-hybridized carbons (Fsp3) is 0.667. The first-order chi connectivity index (χ1) is 8.69. The van der Waals surface area contributed by atoms with Crippen LogP contribution in [0.1, 0.15) is 49.4 Å². The smallest absolute Gasteiger partial charge is 0.0686 e. The maximum absolute atomic E-state index is 6.42. The average Bonchev–Trinajstić information content (AvgIpc) is 2.37. The quantitative estimate of drug-likeness (QED) is 0.873. The van der Waals surface area contributed by atoms with Crippen molar-refractivity contribution in [3.8, 4) is 0 Å². The van der Waals surface area contributed by atoms with Gasteiger partial charge >= 0.3 is 0 Å². The van der Waals surface area contributed by atoms with Crippen LogP contribution in [0.4, 0.5) is 0 Å². The molecule has 0 aromatic carbocycles. The molecule has 3 rings (SSSR count). The van der Waals surface area contributed by atoms with Gasteiger partial charge in [-0.2, -0.15) is 0 Å². The van der Waals surface area contributed by atoms with E-state index in [-0.39, 0.29) is 11.6 Å². The van der Waals surface area contributed by atoms with Gasteiger partial charge in [-0.05, 0) is 56.6 Å². The molecule has 1 aromatic heterocycles. The van der Waals surface area contributed by atoms with Crippen molar-refractivity contribution in [2.75, 3.05) is 6.61 Å². The van der Waals surface area contributed by atoms with E-state index in [0.29, 0.717) is 5.92 Å². The number of ether oxygens (including phenoxy) is 1. The molecule has 98 valence electrons. The molecule has 1 saturated heterocycles. The van der Waals surface area contributed by atoms with E-state index >= 15 is 0 Å². The van der Waals surface area contributed by atoms with Crippen molar-refractivity contribution >= 4 is 0 Å². The van der Waals surface area contributed by atoms with E-state index in [1.54, 1.807) is 0 Å². The van der Waals surface area contributed by atoms with Gasteiger partial charge < -0.3 is 10.5 Å². The van der Waals surface area contributed by atoms with E-state index in [2.05, 4.69) is 11.1 Å². The Balaban J connectivity index is 1.71. The monoisotopic (exact) mass is 246 g/mol. The van der Waals surface area contributed by atoms with Crippen molar-refractivity contribution in [2.45, 2.75) is 50.7 Å². The average molecular weight is 246 g/mol. The molecule has 18 heavy (non-hydrogen) atoms. The van der Waals surface area contributed by atoms with Crippen molar-refractivity contribution in [1.82, 2.24) is 4.98 Å². The lowest BCUT2D eigenvalue weighted by molar-refractivity contribution is -0.146. The predicted molar refractivity (Wildman–Crippen MR) is 71.2 cm³/mol. The highest BCUT2D eigenvalue weighted by atomic mass is 16.5. The Kier molecular flexibility index (Phi) is 3.12. The van der Waals surface area contributed by atoms with E-state index in [1.807, 2.05) is 19.2 Å². The minimum atomic E-state index is 0.111. The molecule has 1 aromatic rings. The third-order valence-electron chi connectivity index (χ3n) is 4.62. The van der Waals surface area contributed by atoms with E-state index in [1.165, 1.54) is 24.8 Å². The van der Waals surface area contributed by atoms with Gasteiger partial charge in [0.25, 0.3) is 0 Å². The summed E-state index contributed by atoms with van der Waals surface area (Å²) in [5.41, 5.74) is 8.82. The summed E-state index contributed by atoms with van der Waals surface area (Å²) in [6, 6.07) is 4.28. The lowest BCUT2D eigenvalue weighted by atomic mass is 9.70. The van der Waals surface area contributed by atoms with Gasteiger partial charge in [0.2, 0.25) is 0 Å². The zero-order chi connectivity index (χ0) is 12.6. The summed E-state index contributed by atoms with van der Waals surface area (Å²) >= 11 is 0. The molecule has 1 aliphatic carbocycles. The molecule has 0 radical (unpaired) electrons. The topological polar surface area (TPSA) is 48.1 Å². The minimum absolute atomic E-state index is 0.111. The van der Waals surface area contributed by atoms with Crippen molar-refractivity contribution in [3.05, 3.63) is 29.6 Å². The van der Waals surface area contributed by atoms with Crippen molar-refractivity contribution < 1.29 is 4.74 Å². The summed E-state index contributed by atoms with van der Waals surface area (Å²) in [5.74, 6) is 0.545. The van der Waals surface area contributed by atoms with Crippen LogP contribution in [0, 0.1) is 12.8 Å². The summed E-state index contributed by atoms with van der Waals surface area (Å²) in [5, 5.41) is 0. The highest BCUT2D eigenvalue weighted by Gasteiger charge is 2.43. The van der Waals surface area contributed by atoms with Gasteiger partial charge in [0.05, 0.1) is 5.60 Å². The Bertz CT molecular complexity index is 411. The number of aromatic nitrogens is 1. The van der Waals surface area contributed by atoms with Crippen LogP contribution < -0.4 is 5.73 Å². The fourth-order valence-electron chi connectivity index (χ4n) is 3.24. The molecule has 2 heterocycles. The molecule has 0 bridgehead atoms. The second kappa shape index (κ2) is 4.63. The van der Waals surface area contributed by atoms with Crippen molar-refractivity contribution in [1.29, 1.82) is 0 Å². The Hall–Kier alpha value is -0.930. The van der Waals surface area contributed by atoms with Crippen LogP contribution in [-0.4, -0.2) is 17.2 Å². The summed E-state index contributed by atoms with van der Waals surface area (Å²) in [4.78, 5) is 4.35. The first-order valence-electron chi connectivity index (χ1n) is 7.01. The molecule has 2 unspecified atom stereocenters. The molecule has 3 heteroatoms. The molecular formula is C15H22N2O.